The number of alkyl halides is 3. The fourth-order valence-electron chi connectivity index (χ4n) is 1.76. The van der Waals surface area contributed by atoms with Gasteiger partial charge >= 0.3 is 6.18 Å². The maximum Gasteiger partial charge on any atom is 0.420 e. The molecule has 0 saturated heterocycles. The summed E-state index contributed by atoms with van der Waals surface area (Å²) in [5.41, 5.74) is -2.75. The van der Waals surface area contributed by atoms with Crippen molar-refractivity contribution < 1.29 is 27.1 Å². The molecule has 0 spiro atoms. The Hall–Kier alpha value is -2.69. The normalized spacial score (nSPS) is 11.2. The van der Waals surface area contributed by atoms with Crippen LogP contribution < -0.4 is 0 Å². The van der Waals surface area contributed by atoms with E-state index in [2.05, 4.69) is 4.98 Å². The van der Waals surface area contributed by atoms with E-state index in [1.165, 1.54) is 6.07 Å². The molecular formula is C13H5F5N2O. The minimum atomic E-state index is -4.92. The highest BCUT2D eigenvalue weighted by molar-refractivity contribution is 5.73. The van der Waals surface area contributed by atoms with Gasteiger partial charge in [0.15, 0.2) is 0 Å². The highest BCUT2D eigenvalue weighted by Gasteiger charge is 2.35. The molecule has 0 aliphatic carbocycles. The summed E-state index contributed by atoms with van der Waals surface area (Å²) in [5.74, 6) is -3.74. The Labute approximate surface area is 114 Å². The van der Waals surface area contributed by atoms with Crippen molar-refractivity contribution in [3.8, 4) is 22.9 Å². The number of nitriles is 1. The summed E-state index contributed by atoms with van der Waals surface area (Å²) in [6, 6.07) is 4.15. The van der Waals surface area contributed by atoms with Gasteiger partial charge in [-0.3, -0.25) is 0 Å². The molecule has 0 unspecified atom stereocenters. The van der Waals surface area contributed by atoms with Gasteiger partial charge in [0.1, 0.15) is 5.75 Å². The van der Waals surface area contributed by atoms with Crippen LogP contribution in [0.3, 0.4) is 0 Å². The van der Waals surface area contributed by atoms with Crippen molar-refractivity contribution >= 4 is 0 Å². The zero-order valence-corrected chi connectivity index (χ0v) is 10.0. The standard InChI is InChI=1S/C13H5F5N2O/c14-10-3-7(4-11(15)20-10)8-1-6(5-19)2-9(12(8)21)13(16,17)18/h1-4,21H. The number of nitrogens with zero attached hydrogens (tertiary/aromatic N) is 2. The Morgan fingerprint density at radius 1 is 1.05 bits per heavy atom. The largest absolute Gasteiger partial charge is 0.507 e. The van der Waals surface area contributed by atoms with Crippen LogP contribution in [0.15, 0.2) is 24.3 Å². The number of halogens is 5. The lowest BCUT2D eigenvalue weighted by atomic mass is 9.99. The van der Waals surface area contributed by atoms with Crippen molar-refractivity contribution in [1.82, 2.24) is 4.98 Å². The summed E-state index contributed by atoms with van der Waals surface area (Å²) in [7, 11) is 0. The molecule has 0 aliphatic rings. The third-order valence-electron chi connectivity index (χ3n) is 2.62. The highest BCUT2D eigenvalue weighted by atomic mass is 19.4. The van der Waals surface area contributed by atoms with Crippen LogP contribution in [-0.2, 0) is 6.18 Å². The number of rotatable bonds is 1. The monoisotopic (exact) mass is 300 g/mol. The molecule has 1 heterocycles. The number of hydrogen-bond donors (Lipinski definition) is 1. The van der Waals surface area contributed by atoms with Gasteiger partial charge in [0.25, 0.3) is 0 Å². The molecule has 2 rings (SSSR count). The number of hydrogen-bond acceptors (Lipinski definition) is 3. The molecule has 8 heteroatoms. The van der Waals surface area contributed by atoms with Gasteiger partial charge in [-0.1, -0.05) is 0 Å². The first-order valence-electron chi connectivity index (χ1n) is 5.40. The first-order chi connectivity index (χ1) is 9.72. The molecule has 0 atom stereocenters. The van der Waals surface area contributed by atoms with E-state index in [1.54, 1.807) is 0 Å². The smallest absolute Gasteiger partial charge is 0.420 e. The average molecular weight is 300 g/mol. The van der Waals surface area contributed by atoms with Crippen molar-refractivity contribution in [2.24, 2.45) is 0 Å². The number of aromatic nitrogens is 1. The average Bonchev–Trinajstić information content (AvgIpc) is 2.36. The fraction of sp³-hybridized carbons (Fsp3) is 0.0769. The van der Waals surface area contributed by atoms with Gasteiger partial charge < -0.3 is 5.11 Å². The first kappa shape index (κ1) is 14.7. The van der Waals surface area contributed by atoms with Crippen LogP contribution in [0.2, 0.25) is 0 Å². The van der Waals surface area contributed by atoms with Gasteiger partial charge in [0, 0.05) is 17.7 Å². The molecule has 0 fully saturated rings. The Balaban J connectivity index is 2.77. The maximum atomic E-state index is 13.0. The summed E-state index contributed by atoms with van der Waals surface area (Å²) >= 11 is 0. The number of phenols is 1. The summed E-state index contributed by atoms with van der Waals surface area (Å²) < 4.78 is 64.5. The van der Waals surface area contributed by atoms with E-state index in [4.69, 9.17) is 5.26 Å². The summed E-state index contributed by atoms with van der Waals surface area (Å²) in [5, 5.41) is 18.4. The lowest BCUT2D eigenvalue weighted by molar-refractivity contribution is -0.138. The van der Waals surface area contributed by atoms with Gasteiger partial charge in [-0.2, -0.15) is 32.2 Å². The second-order valence-corrected chi connectivity index (χ2v) is 4.03. The molecule has 0 amide bonds. The molecule has 2 aromatic rings. The highest BCUT2D eigenvalue weighted by Crippen LogP contribution is 2.42. The number of pyridine rings is 1. The molecular weight excluding hydrogens is 295 g/mol. The molecule has 3 nitrogen and oxygen atoms in total. The van der Waals surface area contributed by atoms with Crippen molar-refractivity contribution in [2.75, 3.05) is 0 Å². The van der Waals surface area contributed by atoms with E-state index >= 15 is 0 Å². The van der Waals surface area contributed by atoms with Gasteiger partial charge in [0.05, 0.1) is 17.2 Å². The molecule has 1 aromatic heterocycles. The number of phenolic OH excluding ortho intramolecular Hbond substituents is 1. The lowest BCUT2D eigenvalue weighted by Gasteiger charge is -2.13. The van der Waals surface area contributed by atoms with Gasteiger partial charge in [0.2, 0.25) is 11.9 Å². The van der Waals surface area contributed by atoms with Gasteiger partial charge in [-0.25, -0.2) is 0 Å². The third-order valence-corrected chi connectivity index (χ3v) is 2.62. The molecule has 0 bridgehead atoms. The second kappa shape index (κ2) is 5.01. The van der Waals surface area contributed by atoms with E-state index in [9.17, 15) is 27.1 Å². The van der Waals surface area contributed by atoms with Crippen molar-refractivity contribution in [3.05, 3.63) is 47.3 Å². The number of benzene rings is 1. The topological polar surface area (TPSA) is 56.9 Å². The minimum absolute atomic E-state index is 0.361. The summed E-state index contributed by atoms with van der Waals surface area (Å²) in [6.45, 7) is 0. The predicted molar refractivity (Wildman–Crippen MR) is 61.0 cm³/mol. The predicted octanol–water partition coefficient (Wildman–Crippen LogP) is 3.62. The van der Waals surface area contributed by atoms with Crippen LogP contribution in [0.25, 0.3) is 11.1 Å². The van der Waals surface area contributed by atoms with Crippen LogP contribution in [0.1, 0.15) is 11.1 Å². The first-order valence-corrected chi connectivity index (χ1v) is 5.40. The van der Waals surface area contributed by atoms with Gasteiger partial charge in [-0.15, -0.1) is 0 Å². The van der Waals surface area contributed by atoms with E-state index in [1.807, 2.05) is 0 Å². The quantitative estimate of drug-likeness (QED) is 0.646. The zero-order chi connectivity index (χ0) is 15.8. The van der Waals surface area contributed by atoms with Gasteiger partial charge in [-0.05, 0) is 17.7 Å². The fourth-order valence-corrected chi connectivity index (χ4v) is 1.76. The molecule has 0 radical (unpaired) electrons. The molecule has 1 N–H and O–H groups in total. The van der Waals surface area contributed by atoms with E-state index in [0.717, 1.165) is 6.07 Å². The number of aromatic hydroxyl groups is 1. The minimum Gasteiger partial charge on any atom is -0.507 e. The van der Waals surface area contributed by atoms with Crippen LogP contribution in [0, 0.1) is 23.2 Å². The molecule has 0 aliphatic heterocycles. The van der Waals surface area contributed by atoms with Crippen molar-refractivity contribution in [1.29, 1.82) is 5.26 Å². The second-order valence-electron chi connectivity index (χ2n) is 4.03. The van der Waals surface area contributed by atoms with Crippen LogP contribution >= 0.6 is 0 Å². The molecule has 108 valence electrons. The molecule has 1 aromatic carbocycles. The zero-order valence-electron chi connectivity index (χ0n) is 10.0. The SMILES string of the molecule is N#Cc1cc(-c2cc(F)nc(F)c2)c(O)c(C(F)(F)F)c1. The van der Waals surface area contributed by atoms with E-state index in [-0.39, 0.29) is 5.56 Å². The lowest BCUT2D eigenvalue weighted by Crippen LogP contribution is -2.06. The van der Waals surface area contributed by atoms with E-state index < -0.39 is 40.5 Å². The van der Waals surface area contributed by atoms with Crippen LogP contribution in [0.4, 0.5) is 22.0 Å². The summed E-state index contributed by atoms with van der Waals surface area (Å²) in [6.07, 6.45) is -4.92. The maximum absolute atomic E-state index is 13.0. The molecule has 0 saturated carbocycles. The Morgan fingerprint density at radius 3 is 2.10 bits per heavy atom. The van der Waals surface area contributed by atoms with E-state index in [0.29, 0.717) is 18.2 Å². The third kappa shape index (κ3) is 2.91. The van der Waals surface area contributed by atoms with Crippen LogP contribution in [0.5, 0.6) is 5.75 Å². The Kier molecular flexibility index (Phi) is 3.51. The van der Waals surface area contributed by atoms with Crippen molar-refractivity contribution in [3.63, 3.8) is 0 Å². The van der Waals surface area contributed by atoms with Crippen molar-refractivity contribution in [2.45, 2.75) is 6.18 Å². The summed E-state index contributed by atoms with van der Waals surface area (Å²) in [4.78, 5) is 2.80. The molecule has 21 heavy (non-hydrogen) atoms. The Morgan fingerprint density at radius 2 is 1.62 bits per heavy atom. The Bertz CT molecular complexity index is 729. The van der Waals surface area contributed by atoms with Crippen LogP contribution in [-0.4, -0.2) is 10.1 Å².